The van der Waals surface area contributed by atoms with Crippen molar-refractivity contribution < 1.29 is 9.90 Å². The predicted octanol–water partition coefficient (Wildman–Crippen LogP) is -0.266. The van der Waals surface area contributed by atoms with Gasteiger partial charge in [0, 0.05) is 6.20 Å². The maximum atomic E-state index is 10.4. The lowest BCUT2D eigenvalue weighted by atomic mass is 10.6. The summed E-state index contributed by atoms with van der Waals surface area (Å²) in [5.74, 6) is -0.551. The molecule has 0 bridgehead atoms. The summed E-state index contributed by atoms with van der Waals surface area (Å²) in [5, 5.41) is 8.79. The van der Waals surface area contributed by atoms with E-state index in [-0.39, 0.29) is 11.6 Å². The third kappa shape index (κ3) is 1.31. The van der Waals surface area contributed by atoms with Gasteiger partial charge in [-0.1, -0.05) is 0 Å². The highest BCUT2D eigenvalue weighted by Gasteiger charge is 2.04. The fourth-order valence-corrected chi connectivity index (χ4v) is 1.12. The summed E-state index contributed by atoms with van der Waals surface area (Å²) in [6.07, 6.45) is 1.44. The van der Waals surface area contributed by atoms with Crippen molar-refractivity contribution in [3.63, 3.8) is 0 Å². The van der Waals surface area contributed by atoms with Gasteiger partial charge in [0.2, 0.25) is 0 Å². The molecule has 1 aromatic heterocycles. The molecule has 0 aromatic carbocycles. The standard InChI is InChI=1S/C5H6N2O2S/c6-4(9)5-7-1-3(2-8)10-5/h1,8H,2H2,(H2,6,9). The number of hydrogen-bond donors (Lipinski definition) is 2. The van der Waals surface area contributed by atoms with Crippen LogP contribution in [-0.2, 0) is 6.61 Å². The minimum absolute atomic E-state index is 0.0923. The smallest absolute Gasteiger partial charge is 0.277 e. The van der Waals surface area contributed by atoms with Crippen molar-refractivity contribution in [3.05, 3.63) is 16.1 Å². The van der Waals surface area contributed by atoms with Gasteiger partial charge in [0.05, 0.1) is 11.5 Å². The Balaban J connectivity index is 2.88. The molecule has 1 aromatic rings. The third-order valence-electron chi connectivity index (χ3n) is 0.920. The van der Waals surface area contributed by atoms with Gasteiger partial charge in [0.25, 0.3) is 5.91 Å². The summed E-state index contributed by atoms with van der Waals surface area (Å²) < 4.78 is 0. The molecule has 1 rings (SSSR count). The highest BCUT2D eigenvalue weighted by atomic mass is 32.1. The second kappa shape index (κ2) is 2.76. The van der Waals surface area contributed by atoms with Crippen molar-refractivity contribution >= 4 is 17.2 Å². The second-order valence-electron chi connectivity index (χ2n) is 1.65. The highest BCUT2D eigenvalue weighted by molar-refractivity contribution is 7.13. The molecule has 5 heteroatoms. The van der Waals surface area contributed by atoms with Gasteiger partial charge in [-0.3, -0.25) is 4.79 Å². The Bertz CT molecular complexity index is 246. The molecular formula is C5H6N2O2S. The van der Waals surface area contributed by atoms with Gasteiger partial charge in [-0.25, -0.2) is 4.98 Å². The first-order valence-electron chi connectivity index (χ1n) is 2.59. The summed E-state index contributed by atoms with van der Waals surface area (Å²) in [5.41, 5.74) is 4.91. The summed E-state index contributed by atoms with van der Waals surface area (Å²) in [7, 11) is 0. The molecular weight excluding hydrogens is 152 g/mol. The molecule has 10 heavy (non-hydrogen) atoms. The lowest BCUT2D eigenvalue weighted by molar-refractivity contribution is 0.1000. The molecule has 0 saturated heterocycles. The first kappa shape index (κ1) is 7.17. The fourth-order valence-electron chi connectivity index (χ4n) is 0.495. The van der Waals surface area contributed by atoms with Gasteiger partial charge in [0.15, 0.2) is 5.01 Å². The van der Waals surface area contributed by atoms with E-state index in [1.165, 1.54) is 6.20 Å². The normalized spacial score (nSPS) is 9.70. The number of thiazole rings is 1. The van der Waals surface area contributed by atoms with Crippen molar-refractivity contribution in [2.75, 3.05) is 0 Å². The van der Waals surface area contributed by atoms with Crippen molar-refractivity contribution in [1.82, 2.24) is 4.98 Å². The fraction of sp³-hybridized carbons (Fsp3) is 0.200. The van der Waals surface area contributed by atoms with Crippen molar-refractivity contribution in [1.29, 1.82) is 0 Å². The molecule has 0 atom stereocenters. The number of aliphatic hydroxyl groups excluding tert-OH is 1. The van der Waals surface area contributed by atoms with Gasteiger partial charge in [-0.2, -0.15) is 0 Å². The van der Waals surface area contributed by atoms with Crippen LogP contribution in [0.3, 0.4) is 0 Å². The van der Waals surface area contributed by atoms with Crippen molar-refractivity contribution in [2.45, 2.75) is 6.61 Å². The number of carbonyl (C=O) groups excluding carboxylic acids is 1. The third-order valence-corrected chi connectivity index (χ3v) is 1.92. The number of aliphatic hydroxyl groups is 1. The number of nitrogens with zero attached hydrogens (tertiary/aromatic N) is 1. The molecule has 1 heterocycles. The van der Waals surface area contributed by atoms with Crippen molar-refractivity contribution in [2.24, 2.45) is 5.73 Å². The van der Waals surface area contributed by atoms with E-state index in [4.69, 9.17) is 10.8 Å². The number of amides is 1. The molecule has 0 radical (unpaired) electrons. The van der Waals surface area contributed by atoms with Crippen LogP contribution in [0.1, 0.15) is 14.7 Å². The number of primary amides is 1. The summed E-state index contributed by atoms with van der Waals surface area (Å²) in [6.45, 7) is -0.0923. The van der Waals surface area contributed by atoms with E-state index in [0.717, 1.165) is 11.3 Å². The van der Waals surface area contributed by atoms with Crippen LogP contribution in [0.2, 0.25) is 0 Å². The maximum absolute atomic E-state index is 10.4. The molecule has 4 nitrogen and oxygen atoms in total. The largest absolute Gasteiger partial charge is 0.391 e. The molecule has 0 spiro atoms. The highest BCUT2D eigenvalue weighted by Crippen LogP contribution is 2.11. The molecule has 54 valence electrons. The molecule has 3 N–H and O–H groups in total. The first-order chi connectivity index (χ1) is 4.74. The van der Waals surface area contributed by atoms with E-state index in [0.29, 0.717) is 4.88 Å². The minimum Gasteiger partial charge on any atom is -0.391 e. The Labute approximate surface area is 61.3 Å². The Kier molecular flexibility index (Phi) is 1.98. The van der Waals surface area contributed by atoms with Crippen LogP contribution in [0, 0.1) is 0 Å². The monoisotopic (exact) mass is 158 g/mol. The van der Waals surface area contributed by atoms with Gasteiger partial charge < -0.3 is 10.8 Å². The number of carbonyl (C=O) groups is 1. The average Bonchev–Trinajstić information content (AvgIpc) is 2.34. The van der Waals surface area contributed by atoms with Gasteiger partial charge >= 0.3 is 0 Å². The number of aromatic nitrogens is 1. The van der Waals surface area contributed by atoms with Crippen LogP contribution in [-0.4, -0.2) is 16.0 Å². The second-order valence-corrected chi connectivity index (χ2v) is 2.77. The topological polar surface area (TPSA) is 76.2 Å². The Morgan fingerprint density at radius 3 is 2.90 bits per heavy atom. The van der Waals surface area contributed by atoms with E-state index in [9.17, 15) is 4.79 Å². The minimum atomic E-state index is -0.551. The Hall–Kier alpha value is -0.940. The molecule has 0 aliphatic heterocycles. The molecule has 0 aliphatic rings. The lowest BCUT2D eigenvalue weighted by Crippen LogP contribution is -2.09. The SMILES string of the molecule is NC(=O)c1ncc(CO)s1. The zero-order chi connectivity index (χ0) is 7.56. The van der Waals surface area contributed by atoms with E-state index in [2.05, 4.69) is 4.98 Å². The van der Waals surface area contributed by atoms with Crippen LogP contribution >= 0.6 is 11.3 Å². The predicted molar refractivity (Wildman–Crippen MR) is 36.6 cm³/mol. The van der Waals surface area contributed by atoms with Crippen LogP contribution < -0.4 is 5.73 Å². The quantitative estimate of drug-likeness (QED) is 0.622. The van der Waals surface area contributed by atoms with Gasteiger partial charge in [-0.15, -0.1) is 11.3 Å². The Morgan fingerprint density at radius 1 is 1.90 bits per heavy atom. The van der Waals surface area contributed by atoms with Gasteiger partial charge in [0.1, 0.15) is 0 Å². The van der Waals surface area contributed by atoms with E-state index in [1.807, 2.05) is 0 Å². The first-order valence-corrected chi connectivity index (χ1v) is 3.41. The van der Waals surface area contributed by atoms with Crippen LogP contribution in [0.5, 0.6) is 0 Å². The number of nitrogens with two attached hydrogens (primary N) is 1. The van der Waals surface area contributed by atoms with Crippen LogP contribution in [0.25, 0.3) is 0 Å². The zero-order valence-corrected chi connectivity index (χ0v) is 5.89. The van der Waals surface area contributed by atoms with E-state index in [1.54, 1.807) is 0 Å². The molecule has 1 amide bonds. The number of hydrogen-bond acceptors (Lipinski definition) is 4. The van der Waals surface area contributed by atoms with Crippen molar-refractivity contribution in [3.8, 4) is 0 Å². The van der Waals surface area contributed by atoms with Gasteiger partial charge in [-0.05, 0) is 0 Å². The number of rotatable bonds is 2. The summed E-state index contributed by atoms with van der Waals surface area (Å²) >= 11 is 1.11. The van der Waals surface area contributed by atoms with E-state index < -0.39 is 5.91 Å². The Morgan fingerprint density at radius 2 is 2.60 bits per heavy atom. The lowest BCUT2D eigenvalue weighted by Gasteiger charge is -1.81. The molecule has 0 aliphatic carbocycles. The molecule has 0 saturated carbocycles. The zero-order valence-electron chi connectivity index (χ0n) is 5.07. The average molecular weight is 158 g/mol. The summed E-state index contributed by atoms with van der Waals surface area (Å²) in [4.78, 5) is 14.7. The summed E-state index contributed by atoms with van der Waals surface area (Å²) in [6, 6.07) is 0. The maximum Gasteiger partial charge on any atom is 0.277 e. The van der Waals surface area contributed by atoms with Crippen LogP contribution in [0.4, 0.5) is 0 Å². The molecule has 0 unspecified atom stereocenters. The molecule has 0 fully saturated rings. The van der Waals surface area contributed by atoms with Crippen LogP contribution in [0.15, 0.2) is 6.20 Å². The van der Waals surface area contributed by atoms with E-state index >= 15 is 0 Å².